The molecule has 66 valence electrons. The van der Waals surface area contributed by atoms with Gasteiger partial charge < -0.3 is 0 Å². The fraction of sp³-hybridized carbons (Fsp3) is 0. The maximum Gasteiger partial charge on any atom is 0.253 e. The Morgan fingerprint density at radius 3 is 2.69 bits per heavy atom. The molecule has 0 radical (unpaired) electrons. The third kappa shape index (κ3) is 1.98. The lowest BCUT2D eigenvalue weighted by Gasteiger charge is -2.00. The molecule has 0 N–H and O–H groups in total. The third-order valence-electron chi connectivity index (χ3n) is 1.41. The van der Waals surface area contributed by atoms with E-state index < -0.39 is 11.1 Å². The van der Waals surface area contributed by atoms with Crippen molar-refractivity contribution in [1.82, 2.24) is 0 Å². The predicted molar refractivity (Wildman–Crippen MR) is 54.0 cm³/mol. The third-order valence-corrected chi connectivity index (χ3v) is 2.74. The summed E-state index contributed by atoms with van der Waals surface area (Å²) in [6, 6.07) is 3.97. The minimum absolute atomic E-state index is 0.146. The van der Waals surface area contributed by atoms with E-state index in [1.54, 1.807) is 28.7 Å². The van der Waals surface area contributed by atoms with Crippen molar-refractivity contribution >= 4 is 39.4 Å². The molecule has 1 aromatic carbocycles. The highest BCUT2D eigenvalue weighted by molar-refractivity contribution is 14.1. The fourth-order valence-electron chi connectivity index (χ4n) is 0.807. The van der Waals surface area contributed by atoms with Crippen LogP contribution in [-0.2, 0) is 0 Å². The zero-order chi connectivity index (χ0) is 10.0. The number of nitrogens with zero attached hydrogens (tertiary/aromatic N) is 1. The van der Waals surface area contributed by atoms with Gasteiger partial charge in [-0.3, -0.25) is 4.79 Å². The molecule has 1 aromatic rings. The number of carbonyl (C=O) groups excluding carboxylic acids is 1. The minimum Gasteiger partial charge on any atom is -0.276 e. The molecule has 0 bridgehead atoms. The van der Waals surface area contributed by atoms with E-state index in [1.807, 2.05) is 0 Å². The number of nitriles is 1. The summed E-state index contributed by atoms with van der Waals surface area (Å²) >= 11 is 6.93. The number of carbonyl (C=O) groups is 1. The standard InChI is InChI=1S/C8H2ClFINO/c9-8(13)4-1-2-6(10)5(3-12)7(4)11/h1-2H. The average molecular weight is 309 g/mol. The summed E-state index contributed by atoms with van der Waals surface area (Å²) in [5.41, 5.74) is 0.00677. The molecule has 0 unspecified atom stereocenters. The first kappa shape index (κ1) is 10.4. The first-order valence-electron chi connectivity index (χ1n) is 3.16. The van der Waals surface area contributed by atoms with Gasteiger partial charge in [-0.05, 0) is 46.3 Å². The monoisotopic (exact) mass is 309 g/mol. The molecule has 13 heavy (non-hydrogen) atoms. The maximum atomic E-state index is 12.9. The Balaban J connectivity index is 3.47. The molecule has 0 aliphatic rings. The lowest BCUT2D eigenvalue weighted by molar-refractivity contribution is 0.108. The molecule has 0 heterocycles. The van der Waals surface area contributed by atoms with E-state index in [9.17, 15) is 9.18 Å². The highest BCUT2D eigenvalue weighted by Crippen LogP contribution is 2.21. The van der Waals surface area contributed by atoms with Crippen molar-refractivity contribution in [2.24, 2.45) is 0 Å². The SMILES string of the molecule is N#Cc1c(F)ccc(C(=O)Cl)c1I. The van der Waals surface area contributed by atoms with Crippen molar-refractivity contribution < 1.29 is 9.18 Å². The van der Waals surface area contributed by atoms with Gasteiger partial charge in [0.25, 0.3) is 5.24 Å². The lowest BCUT2D eigenvalue weighted by atomic mass is 10.1. The second-order valence-electron chi connectivity index (χ2n) is 2.17. The first-order chi connectivity index (χ1) is 6.07. The maximum absolute atomic E-state index is 12.9. The van der Waals surface area contributed by atoms with E-state index in [-0.39, 0.29) is 14.7 Å². The molecule has 0 atom stereocenters. The van der Waals surface area contributed by atoms with Gasteiger partial charge >= 0.3 is 0 Å². The Morgan fingerprint density at radius 1 is 1.62 bits per heavy atom. The quantitative estimate of drug-likeness (QED) is 0.591. The van der Waals surface area contributed by atoms with E-state index in [1.165, 1.54) is 6.07 Å². The van der Waals surface area contributed by atoms with E-state index in [0.29, 0.717) is 0 Å². The summed E-state index contributed by atoms with van der Waals surface area (Å²) in [6.07, 6.45) is 0. The molecule has 0 saturated carbocycles. The second kappa shape index (κ2) is 4.03. The first-order valence-corrected chi connectivity index (χ1v) is 4.61. The molecule has 0 saturated heterocycles. The molecule has 0 aliphatic heterocycles. The summed E-state index contributed by atoms with van der Waals surface area (Å²) in [5, 5.41) is 7.86. The molecule has 0 amide bonds. The fourth-order valence-corrected chi connectivity index (χ4v) is 1.93. The zero-order valence-corrected chi connectivity index (χ0v) is 9.06. The van der Waals surface area contributed by atoms with Crippen LogP contribution < -0.4 is 0 Å². The molecule has 0 spiro atoms. The van der Waals surface area contributed by atoms with Crippen LogP contribution in [0.5, 0.6) is 0 Å². The minimum atomic E-state index is -0.694. The molecule has 0 aromatic heterocycles. The Bertz CT molecular complexity index is 413. The predicted octanol–water partition coefficient (Wildman–Crippen LogP) is 2.68. The molecule has 0 fully saturated rings. The van der Waals surface area contributed by atoms with Gasteiger partial charge in [-0.1, -0.05) is 0 Å². The van der Waals surface area contributed by atoms with E-state index in [0.717, 1.165) is 6.07 Å². The van der Waals surface area contributed by atoms with Gasteiger partial charge in [0.15, 0.2) is 0 Å². The second-order valence-corrected chi connectivity index (χ2v) is 3.59. The van der Waals surface area contributed by atoms with E-state index in [2.05, 4.69) is 0 Å². The lowest BCUT2D eigenvalue weighted by Crippen LogP contribution is -1.98. The number of rotatable bonds is 1. The number of hydrogen-bond acceptors (Lipinski definition) is 2. The van der Waals surface area contributed by atoms with Crippen LogP contribution in [0.25, 0.3) is 0 Å². The zero-order valence-electron chi connectivity index (χ0n) is 6.14. The Kier molecular flexibility index (Phi) is 3.22. The van der Waals surface area contributed by atoms with Crippen LogP contribution in [0.4, 0.5) is 4.39 Å². The summed E-state index contributed by atoms with van der Waals surface area (Å²) in [7, 11) is 0. The number of halogens is 3. The molecule has 2 nitrogen and oxygen atoms in total. The molecular formula is C8H2ClFINO. The molecule has 0 aliphatic carbocycles. The number of hydrogen-bond donors (Lipinski definition) is 0. The van der Waals surface area contributed by atoms with Gasteiger partial charge in [-0.15, -0.1) is 0 Å². The van der Waals surface area contributed by atoms with Gasteiger partial charge in [-0.25, -0.2) is 4.39 Å². The van der Waals surface area contributed by atoms with Crippen LogP contribution in [0, 0.1) is 20.7 Å². The average Bonchev–Trinajstić information content (AvgIpc) is 2.04. The largest absolute Gasteiger partial charge is 0.276 e. The van der Waals surface area contributed by atoms with Crippen LogP contribution in [0.2, 0.25) is 0 Å². The van der Waals surface area contributed by atoms with Gasteiger partial charge in [-0.2, -0.15) is 5.26 Å². The Hall–Kier alpha value is -0.670. The molecule has 1 rings (SSSR count). The topological polar surface area (TPSA) is 40.9 Å². The highest BCUT2D eigenvalue weighted by atomic mass is 127. The number of benzene rings is 1. The van der Waals surface area contributed by atoms with Crippen molar-refractivity contribution in [3.05, 3.63) is 32.6 Å². The van der Waals surface area contributed by atoms with Gasteiger partial charge in [0.2, 0.25) is 0 Å². The van der Waals surface area contributed by atoms with Gasteiger partial charge in [0.1, 0.15) is 17.4 Å². The van der Waals surface area contributed by atoms with E-state index in [4.69, 9.17) is 16.9 Å². The summed E-state index contributed by atoms with van der Waals surface area (Å²) < 4.78 is 13.2. The van der Waals surface area contributed by atoms with Gasteiger partial charge in [0, 0.05) is 9.13 Å². The van der Waals surface area contributed by atoms with Gasteiger partial charge in [0.05, 0.1) is 0 Å². The normalized spacial score (nSPS) is 9.38. The van der Waals surface area contributed by atoms with Crippen LogP contribution in [0.1, 0.15) is 15.9 Å². The van der Waals surface area contributed by atoms with Crippen molar-refractivity contribution in [3.63, 3.8) is 0 Å². The van der Waals surface area contributed by atoms with Crippen LogP contribution >= 0.6 is 34.2 Å². The summed E-state index contributed by atoms with van der Waals surface area (Å²) in [6.45, 7) is 0. The van der Waals surface area contributed by atoms with Crippen molar-refractivity contribution in [2.45, 2.75) is 0 Å². The van der Waals surface area contributed by atoms with Crippen LogP contribution in [-0.4, -0.2) is 5.24 Å². The van der Waals surface area contributed by atoms with Crippen LogP contribution in [0.3, 0.4) is 0 Å². The molecule has 5 heteroatoms. The summed E-state index contributed by atoms with van der Waals surface area (Å²) in [5.74, 6) is -0.645. The van der Waals surface area contributed by atoms with Crippen molar-refractivity contribution in [3.8, 4) is 6.07 Å². The smallest absolute Gasteiger partial charge is 0.253 e. The highest BCUT2D eigenvalue weighted by Gasteiger charge is 2.14. The van der Waals surface area contributed by atoms with E-state index >= 15 is 0 Å². The van der Waals surface area contributed by atoms with Crippen molar-refractivity contribution in [2.75, 3.05) is 0 Å². The molecular weight excluding hydrogens is 307 g/mol. The summed E-state index contributed by atoms with van der Waals surface area (Å²) in [4.78, 5) is 10.8. The van der Waals surface area contributed by atoms with Crippen LogP contribution in [0.15, 0.2) is 12.1 Å². The Labute approximate surface area is 92.4 Å². The van der Waals surface area contributed by atoms with Crippen molar-refractivity contribution in [1.29, 1.82) is 5.26 Å². The Morgan fingerprint density at radius 2 is 2.23 bits per heavy atom.